The van der Waals surface area contributed by atoms with Gasteiger partial charge in [-0.15, -0.1) is 0 Å². The van der Waals surface area contributed by atoms with E-state index < -0.39 is 35.8 Å². The summed E-state index contributed by atoms with van der Waals surface area (Å²) in [6.07, 6.45) is 3.60. The van der Waals surface area contributed by atoms with E-state index in [1.807, 2.05) is 0 Å². The number of nitrogens with zero attached hydrogens (tertiary/aromatic N) is 6. The van der Waals surface area contributed by atoms with Gasteiger partial charge in [0.15, 0.2) is 5.78 Å². The molecule has 1 aliphatic rings. The van der Waals surface area contributed by atoms with E-state index in [-0.39, 0.29) is 46.5 Å². The van der Waals surface area contributed by atoms with Crippen LogP contribution < -0.4 is 0 Å². The highest BCUT2D eigenvalue weighted by atomic mass is 32.2. The van der Waals surface area contributed by atoms with Crippen molar-refractivity contribution < 1.29 is 30.7 Å². The van der Waals surface area contributed by atoms with E-state index in [2.05, 4.69) is 20.1 Å². The molecule has 13 nitrogen and oxygen atoms in total. The molecule has 1 aliphatic carbocycles. The fraction of sp³-hybridized carbons (Fsp3) is 0.150. The summed E-state index contributed by atoms with van der Waals surface area (Å²) in [4.78, 5) is 17.1. The number of ketones is 1. The summed E-state index contributed by atoms with van der Waals surface area (Å²) in [5, 5.41) is 6.60. The Morgan fingerprint density at radius 2 is 1.17 bits per heavy atom. The topological polar surface area (TPSA) is 223 Å². The van der Waals surface area contributed by atoms with Gasteiger partial charge in [-0.1, -0.05) is 34.5 Å². The van der Waals surface area contributed by atoms with Crippen molar-refractivity contribution in [3.63, 3.8) is 0 Å². The molecule has 180 valence electrons. The number of hydrogen-bond donors (Lipinski definition) is 2. The summed E-state index contributed by atoms with van der Waals surface area (Å²) in [7, 11) is -9.44. The number of hydrogen-bond acceptors (Lipinski definition) is 7. The monoisotopic (exact) mass is 516 g/mol. The van der Waals surface area contributed by atoms with Crippen molar-refractivity contribution in [3.8, 4) is 0 Å². The lowest BCUT2D eigenvalue weighted by Crippen LogP contribution is -2.13. The van der Waals surface area contributed by atoms with E-state index in [1.54, 1.807) is 0 Å². The number of rotatable bonds is 6. The number of Topliss-reactive ketones (excluding diaryl/α,β-unsaturated/α-hetero) is 1. The van der Waals surface area contributed by atoms with Crippen molar-refractivity contribution >= 4 is 49.5 Å². The molecule has 0 unspecified atom stereocenters. The van der Waals surface area contributed by atoms with E-state index in [9.17, 15) is 30.7 Å². The molecule has 0 aromatic heterocycles. The minimum absolute atomic E-state index is 0.00803. The Morgan fingerprint density at radius 3 is 1.51 bits per heavy atom. The molecule has 1 fully saturated rings. The van der Waals surface area contributed by atoms with E-state index in [0.29, 0.717) is 6.42 Å². The molecular weight excluding hydrogens is 500 g/mol. The van der Waals surface area contributed by atoms with Crippen LogP contribution in [0.1, 0.15) is 30.4 Å². The highest BCUT2D eigenvalue weighted by Gasteiger charge is 2.24. The van der Waals surface area contributed by atoms with Crippen LogP contribution in [0.25, 0.3) is 33.0 Å². The van der Waals surface area contributed by atoms with Crippen molar-refractivity contribution in [2.75, 3.05) is 0 Å². The van der Waals surface area contributed by atoms with Gasteiger partial charge in [0.25, 0.3) is 20.2 Å². The summed E-state index contributed by atoms with van der Waals surface area (Å²) >= 11 is 0. The van der Waals surface area contributed by atoms with Crippen LogP contribution in [-0.4, -0.2) is 31.7 Å². The lowest BCUT2D eigenvalue weighted by atomic mass is 9.87. The van der Waals surface area contributed by atoms with Crippen LogP contribution in [0.2, 0.25) is 0 Å². The molecule has 2 aromatic carbocycles. The van der Waals surface area contributed by atoms with Crippen molar-refractivity contribution in [3.05, 3.63) is 79.6 Å². The fourth-order valence-corrected chi connectivity index (χ4v) is 4.90. The molecule has 0 atom stereocenters. The second-order valence-corrected chi connectivity index (χ2v) is 10.1. The first-order valence-corrected chi connectivity index (χ1v) is 12.6. The van der Waals surface area contributed by atoms with Gasteiger partial charge in [0.2, 0.25) is 0 Å². The third-order valence-corrected chi connectivity index (χ3v) is 6.82. The van der Waals surface area contributed by atoms with E-state index in [4.69, 9.17) is 11.1 Å². The minimum atomic E-state index is -4.72. The van der Waals surface area contributed by atoms with Crippen molar-refractivity contribution in [2.45, 2.75) is 29.1 Å². The zero-order valence-electron chi connectivity index (χ0n) is 17.7. The van der Waals surface area contributed by atoms with Crippen LogP contribution in [0.15, 0.2) is 67.6 Å². The highest BCUT2D eigenvalue weighted by Crippen LogP contribution is 2.32. The number of allylic oxidation sites excluding steroid dienone is 2. The standard InChI is InChI=1S/C20H16N6O7S2/c21-25-23-16-6-4-12(18(10-16)34(28,29)30)8-14-2-1-3-15(20(14)27)9-13-5-7-17(24-26-22)11-19(13)35(31,32)33/h4-11H,1-3H2,(H,28,29,30)(H,31,32,33). The Balaban J connectivity index is 2.09. The average molecular weight is 517 g/mol. The summed E-state index contributed by atoms with van der Waals surface area (Å²) < 4.78 is 66.5. The average Bonchev–Trinajstić information content (AvgIpc) is 2.77. The molecule has 0 spiro atoms. The van der Waals surface area contributed by atoms with Crippen LogP contribution in [0, 0.1) is 0 Å². The first-order valence-electron chi connectivity index (χ1n) is 9.73. The van der Waals surface area contributed by atoms with E-state index in [0.717, 1.165) is 12.1 Å². The SMILES string of the molecule is [N-]=[N+]=Nc1ccc(C=C2CCCC(=Cc3ccc(N=[N+]=[N-])cc3S(=O)(=O)O)C2=O)c(S(=O)(=O)O)c1. The normalized spacial score (nSPS) is 16.6. The summed E-state index contributed by atoms with van der Waals surface area (Å²) in [6.45, 7) is 0. The molecule has 15 heteroatoms. The number of azide groups is 2. The van der Waals surface area contributed by atoms with Gasteiger partial charge in [0, 0.05) is 32.3 Å². The number of carbonyl (C=O) groups is 1. The largest absolute Gasteiger partial charge is 0.295 e. The zero-order chi connectivity index (χ0) is 25.8. The first kappa shape index (κ1) is 25.6. The van der Waals surface area contributed by atoms with Gasteiger partial charge in [-0.25, -0.2) is 0 Å². The van der Waals surface area contributed by atoms with Gasteiger partial charge in [-0.3, -0.25) is 13.9 Å². The van der Waals surface area contributed by atoms with Crippen molar-refractivity contribution in [1.29, 1.82) is 0 Å². The smallest absolute Gasteiger partial charge is 0.289 e. The molecule has 35 heavy (non-hydrogen) atoms. The van der Waals surface area contributed by atoms with Crippen molar-refractivity contribution in [2.24, 2.45) is 10.2 Å². The van der Waals surface area contributed by atoms with E-state index >= 15 is 0 Å². The summed E-state index contributed by atoms with van der Waals surface area (Å²) in [5.41, 5.74) is 17.4. The maximum Gasteiger partial charge on any atom is 0.295 e. The van der Waals surface area contributed by atoms with Gasteiger partial charge in [0.05, 0.1) is 0 Å². The predicted molar refractivity (Wildman–Crippen MR) is 125 cm³/mol. The lowest BCUT2D eigenvalue weighted by molar-refractivity contribution is -0.112. The van der Waals surface area contributed by atoms with Crippen LogP contribution in [0.5, 0.6) is 0 Å². The number of carbonyl (C=O) groups excluding carboxylic acids is 1. The maximum atomic E-state index is 13.1. The third kappa shape index (κ3) is 6.13. The Kier molecular flexibility index (Phi) is 7.41. The zero-order valence-corrected chi connectivity index (χ0v) is 19.3. The number of benzene rings is 2. The minimum Gasteiger partial charge on any atom is -0.289 e. The predicted octanol–water partition coefficient (Wildman–Crippen LogP) is 5.28. The van der Waals surface area contributed by atoms with Gasteiger partial charge in [-0.2, -0.15) is 16.8 Å². The van der Waals surface area contributed by atoms with Gasteiger partial charge in [0.1, 0.15) is 9.79 Å². The second kappa shape index (κ2) is 10.1. The van der Waals surface area contributed by atoms with Crippen LogP contribution >= 0.6 is 0 Å². The molecule has 0 heterocycles. The molecule has 3 rings (SSSR count). The van der Waals surface area contributed by atoms with Crippen LogP contribution in [-0.2, 0) is 25.0 Å². The Bertz CT molecular complexity index is 1480. The molecule has 1 saturated carbocycles. The van der Waals surface area contributed by atoms with Gasteiger partial charge < -0.3 is 0 Å². The molecule has 0 amide bonds. The fourth-order valence-electron chi connectivity index (χ4n) is 3.51. The maximum absolute atomic E-state index is 13.1. The molecule has 0 radical (unpaired) electrons. The Labute approximate surface area is 199 Å². The van der Waals surface area contributed by atoms with Gasteiger partial charge >= 0.3 is 0 Å². The van der Waals surface area contributed by atoms with Crippen LogP contribution in [0.4, 0.5) is 11.4 Å². The molecule has 0 bridgehead atoms. The quantitative estimate of drug-likeness (QED) is 0.169. The Morgan fingerprint density at radius 1 is 0.771 bits per heavy atom. The molecule has 0 saturated heterocycles. The van der Waals surface area contributed by atoms with Gasteiger partial charge in [-0.05, 0) is 65.7 Å². The molecular formula is C20H16N6O7S2. The van der Waals surface area contributed by atoms with Crippen molar-refractivity contribution in [1.82, 2.24) is 0 Å². The molecule has 2 aromatic rings. The molecule has 0 aliphatic heterocycles. The van der Waals surface area contributed by atoms with Crippen LogP contribution in [0.3, 0.4) is 0 Å². The first-order chi connectivity index (χ1) is 16.4. The lowest BCUT2D eigenvalue weighted by Gasteiger charge is -2.17. The summed E-state index contributed by atoms with van der Waals surface area (Å²) in [6, 6.07) is 7.11. The Hall–Kier alpha value is -3.97. The highest BCUT2D eigenvalue weighted by molar-refractivity contribution is 7.86. The third-order valence-electron chi connectivity index (χ3n) is 5.01. The second-order valence-electron chi connectivity index (χ2n) is 7.30. The summed E-state index contributed by atoms with van der Waals surface area (Å²) in [5.74, 6) is -0.489. The van der Waals surface area contributed by atoms with E-state index in [1.165, 1.54) is 36.4 Å². The molecule has 2 N–H and O–H groups in total.